The fraction of sp³-hybridized carbons (Fsp3) is 0. The van der Waals surface area contributed by atoms with Crippen molar-refractivity contribution < 1.29 is 0 Å². The van der Waals surface area contributed by atoms with Crippen molar-refractivity contribution in [3.05, 3.63) is 54.7 Å². The van der Waals surface area contributed by atoms with Crippen molar-refractivity contribution in [1.82, 2.24) is 15.0 Å². The molecule has 0 aliphatic rings. The maximum Gasteiger partial charge on any atom is 0.139 e. The number of hydrogen-bond acceptors (Lipinski definition) is 1. The maximum absolute atomic E-state index is 4.67. The second kappa shape index (κ2) is 3.47. The molecule has 86 valence electrons. The van der Waals surface area contributed by atoms with E-state index >= 15 is 0 Å². The molecule has 1 aromatic carbocycles. The number of hydrogen-bond donors (Lipinski definition) is 2. The van der Waals surface area contributed by atoms with Crippen LogP contribution in [0.1, 0.15) is 0 Å². The molecule has 0 spiro atoms. The van der Waals surface area contributed by atoms with Gasteiger partial charge in [-0.25, -0.2) is 4.98 Å². The molecule has 4 rings (SSSR count). The molecule has 0 bridgehead atoms. The Morgan fingerprint density at radius 3 is 2.67 bits per heavy atom. The quantitative estimate of drug-likeness (QED) is 0.517. The van der Waals surface area contributed by atoms with Crippen LogP contribution in [0, 0.1) is 0 Å². The first-order valence-corrected chi connectivity index (χ1v) is 5.93. The van der Waals surface area contributed by atoms with Crippen LogP contribution in [0.3, 0.4) is 0 Å². The third-order valence-corrected chi connectivity index (χ3v) is 3.24. The van der Waals surface area contributed by atoms with Gasteiger partial charge in [0.25, 0.3) is 0 Å². The van der Waals surface area contributed by atoms with Crippen LogP contribution in [0.4, 0.5) is 0 Å². The van der Waals surface area contributed by atoms with Crippen LogP contribution in [0.2, 0.25) is 0 Å². The van der Waals surface area contributed by atoms with Crippen LogP contribution < -0.4 is 0 Å². The molecule has 0 aliphatic heterocycles. The zero-order chi connectivity index (χ0) is 11.9. The number of para-hydroxylation sites is 1. The first kappa shape index (κ1) is 9.48. The molecular weight excluding hydrogens is 222 g/mol. The summed E-state index contributed by atoms with van der Waals surface area (Å²) in [6.07, 6.45) is 1.91. The van der Waals surface area contributed by atoms with Gasteiger partial charge in [0.05, 0.1) is 11.4 Å². The Labute approximate surface area is 103 Å². The molecule has 0 aliphatic carbocycles. The summed E-state index contributed by atoms with van der Waals surface area (Å²) < 4.78 is 0. The van der Waals surface area contributed by atoms with Gasteiger partial charge in [-0.15, -0.1) is 0 Å². The van der Waals surface area contributed by atoms with Gasteiger partial charge < -0.3 is 9.97 Å². The second-order valence-corrected chi connectivity index (χ2v) is 4.35. The molecule has 0 radical (unpaired) electrons. The van der Waals surface area contributed by atoms with Gasteiger partial charge in [0.15, 0.2) is 0 Å². The molecule has 18 heavy (non-hydrogen) atoms. The minimum atomic E-state index is 0.934. The average Bonchev–Trinajstić information content (AvgIpc) is 3.05. The van der Waals surface area contributed by atoms with E-state index < -0.39 is 0 Å². The third-order valence-electron chi connectivity index (χ3n) is 3.24. The number of fused-ring (bicyclic) bond motifs is 3. The highest BCUT2D eigenvalue weighted by molar-refractivity contribution is 6.06. The van der Waals surface area contributed by atoms with Gasteiger partial charge in [-0.3, -0.25) is 0 Å². The highest BCUT2D eigenvalue weighted by Gasteiger charge is 2.06. The fourth-order valence-corrected chi connectivity index (χ4v) is 2.37. The van der Waals surface area contributed by atoms with Crippen LogP contribution in [-0.2, 0) is 0 Å². The Morgan fingerprint density at radius 2 is 1.78 bits per heavy atom. The SMILES string of the molecule is c1c[nH]c(-c2ccc3c(n2)[nH]c2ccccc23)c1. The van der Waals surface area contributed by atoms with E-state index in [2.05, 4.69) is 45.3 Å². The van der Waals surface area contributed by atoms with Gasteiger partial charge in [0, 0.05) is 22.5 Å². The Hall–Kier alpha value is -2.55. The standard InChI is InChI=1S/C15H11N3/c1-2-5-12-10(4-1)11-7-8-14(18-15(11)17-12)13-6-3-9-16-13/h1-9,16H,(H,17,18). The molecule has 0 fully saturated rings. The lowest BCUT2D eigenvalue weighted by molar-refractivity contribution is 1.30. The van der Waals surface area contributed by atoms with Crippen molar-refractivity contribution in [3.8, 4) is 11.4 Å². The third kappa shape index (κ3) is 1.27. The van der Waals surface area contributed by atoms with Crippen LogP contribution in [-0.4, -0.2) is 15.0 Å². The second-order valence-electron chi connectivity index (χ2n) is 4.35. The minimum Gasteiger partial charge on any atom is -0.360 e. The van der Waals surface area contributed by atoms with Crippen molar-refractivity contribution in [1.29, 1.82) is 0 Å². The molecule has 4 aromatic rings. The van der Waals surface area contributed by atoms with Crippen molar-refractivity contribution in [2.45, 2.75) is 0 Å². The molecule has 0 atom stereocenters. The molecule has 3 aromatic heterocycles. The van der Waals surface area contributed by atoms with Crippen molar-refractivity contribution >= 4 is 21.9 Å². The summed E-state index contributed by atoms with van der Waals surface area (Å²) in [5.41, 5.74) is 4.06. The zero-order valence-corrected chi connectivity index (χ0v) is 9.64. The number of benzene rings is 1. The molecule has 3 nitrogen and oxygen atoms in total. The van der Waals surface area contributed by atoms with E-state index in [-0.39, 0.29) is 0 Å². The Bertz CT molecular complexity index is 825. The molecule has 3 heterocycles. The van der Waals surface area contributed by atoms with Crippen LogP contribution in [0.5, 0.6) is 0 Å². The summed E-state index contributed by atoms with van der Waals surface area (Å²) in [7, 11) is 0. The largest absolute Gasteiger partial charge is 0.360 e. The lowest BCUT2D eigenvalue weighted by atomic mass is 10.2. The predicted octanol–water partition coefficient (Wildman–Crippen LogP) is 3.71. The molecule has 0 amide bonds. The number of aromatic nitrogens is 3. The van der Waals surface area contributed by atoms with Gasteiger partial charge in [-0.2, -0.15) is 0 Å². The van der Waals surface area contributed by atoms with E-state index in [4.69, 9.17) is 0 Å². The number of nitrogens with zero attached hydrogens (tertiary/aromatic N) is 1. The van der Waals surface area contributed by atoms with Gasteiger partial charge in [-0.1, -0.05) is 18.2 Å². The highest BCUT2D eigenvalue weighted by Crippen LogP contribution is 2.26. The maximum atomic E-state index is 4.67. The summed E-state index contributed by atoms with van der Waals surface area (Å²) in [5, 5.41) is 2.39. The summed E-state index contributed by atoms with van der Waals surface area (Å²) in [5.74, 6) is 0. The molecule has 3 heteroatoms. The number of nitrogens with one attached hydrogen (secondary N) is 2. The molecular formula is C15H11N3. The van der Waals surface area contributed by atoms with E-state index in [9.17, 15) is 0 Å². The minimum absolute atomic E-state index is 0.934. The van der Waals surface area contributed by atoms with Gasteiger partial charge >= 0.3 is 0 Å². The topological polar surface area (TPSA) is 44.5 Å². The van der Waals surface area contributed by atoms with E-state index in [1.807, 2.05) is 24.4 Å². The first-order chi connectivity index (χ1) is 8.92. The lowest BCUT2D eigenvalue weighted by Crippen LogP contribution is -1.83. The van der Waals surface area contributed by atoms with Crippen LogP contribution in [0.15, 0.2) is 54.7 Å². The van der Waals surface area contributed by atoms with Crippen molar-refractivity contribution in [2.75, 3.05) is 0 Å². The van der Waals surface area contributed by atoms with Crippen LogP contribution >= 0.6 is 0 Å². The highest BCUT2D eigenvalue weighted by atomic mass is 14.9. The number of H-pyrrole nitrogens is 2. The summed E-state index contributed by atoms with van der Waals surface area (Å²) in [6.45, 7) is 0. The van der Waals surface area contributed by atoms with Gasteiger partial charge in [-0.05, 0) is 30.3 Å². The smallest absolute Gasteiger partial charge is 0.139 e. The number of aromatic amines is 2. The van der Waals surface area contributed by atoms with Gasteiger partial charge in [0.1, 0.15) is 5.65 Å². The average molecular weight is 233 g/mol. The van der Waals surface area contributed by atoms with E-state index in [1.165, 1.54) is 10.8 Å². The lowest BCUT2D eigenvalue weighted by Gasteiger charge is -1.97. The molecule has 0 unspecified atom stereocenters. The monoisotopic (exact) mass is 233 g/mol. The summed E-state index contributed by atoms with van der Waals surface area (Å²) in [6, 6.07) is 16.4. The Morgan fingerprint density at radius 1 is 0.833 bits per heavy atom. The predicted molar refractivity (Wildman–Crippen MR) is 73.4 cm³/mol. The zero-order valence-electron chi connectivity index (χ0n) is 9.64. The van der Waals surface area contributed by atoms with Crippen molar-refractivity contribution in [2.24, 2.45) is 0 Å². The molecule has 2 N–H and O–H groups in total. The molecule has 0 saturated heterocycles. The Balaban J connectivity index is 2.04. The first-order valence-electron chi connectivity index (χ1n) is 5.93. The van der Waals surface area contributed by atoms with E-state index in [0.29, 0.717) is 0 Å². The summed E-state index contributed by atoms with van der Waals surface area (Å²) in [4.78, 5) is 11.2. The normalized spacial score (nSPS) is 11.3. The number of pyridine rings is 1. The van der Waals surface area contributed by atoms with E-state index in [0.717, 1.165) is 22.6 Å². The summed E-state index contributed by atoms with van der Waals surface area (Å²) >= 11 is 0. The van der Waals surface area contributed by atoms with E-state index in [1.54, 1.807) is 0 Å². The Kier molecular flexibility index (Phi) is 1.83. The fourth-order valence-electron chi connectivity index (χ4n) is 2.37. The molecule has 0 saturated carbocycles. The van der Waals surface area contributed by atoms with Gasteiger partial charge in [0.2, 0.25) is 0 Å². The van der Waals surface area contributed by atoms with Crippen molar-refractivity contribution in [3.63, 3.8) is 0 Å². The van der Waals surface area contributed by atoms with Crippen LogP contribution in [0.25, 0.3) is 33.3 Å². The number of rotatable bonds is 1.